The van der Waals surface area contributed by atoms with Crippen LogP contribution in [0.5, 0.6) is 0 Å². The number of esters is 1. The van der Waals surface area contributed by atoms with Crippen LogP contribution in [0, 0.1) is 6.92 Å². The third kappa shape index (κ3) is 6.98. The average Bonchev–Trinajstić information content (AvgIpc) is 3.13. The molecule has 1 saturated heterocycles. The highest BCUT2D eigenvalue weighted by molar-refractivity contribution is 7.86. The van der Waals surface area contributed by atoms with Gasteiger partial charge in [0.1, 0.15) is 18.8 Å². The van der Waals surface area contributed by atoms with Gasteiger partial charge < -0.3 is 13.9 Å². The minimum Gasteiger partial charge on any atom is -0.459 e. The molecule has 12 heteroatoms. The highest BCUT2D eigenvalue weighted by Gasteiger charge is 2.54. The molecule has 0 unspecified atom stereocenters. The fraction of sp³-hybridized carbons (Fsp3) is 0.480. The standard InChI is InChI=1S/C25H33N3O7SSi/c1-17-12-14-19(15-13-17)36(30,31)34-22-20(27-28-26)21(23(29)32-16-18-10-8-7-9-11-18)33-24(22)35-37(5,6)25(2,3)4/h7-15,20-22,24H,16H2,1-6H3/t20-,21-,22+,24-/m0/s1. The lowest BCUT2D eigenvalue weighted by Gasteiger charge is -2.39. The van der Waals surface area contributed by atoms with Crippen molar-refractivity contribution in [1.29, 1.82) is 0 Å². The van der Waals surface area contributed by atoms with Gasteiger partial charge in [-0.3, -0.25) is 4.18 Å². The van der Waals surface area contributed by atoms with E-state index in [1.807, 2.05) is 46.9 Å². The third-order valence-corrected chi connectivity index (χ3v) is 12.4. The van der Waals surface area contributed by atoms with Gasteiger partial charge in [-0.15, -0.1) is 0 Å². The van der Waals surface area contributed by atoms with E-state index < -0.39 is 48.9 Å². The lowest BCUT2D eigenvalue weighted by atomic mass is 10.1. The summed E-state index contributed by atoms with van der Waals surface area (Å²) in [6.07, 6.45) is -4.12. The highest BCUT2D eigenvalue weighted by atomic mass is 32.2. The number of carbonyl (C=O) groups is 1. The fourth-order valence-electron chi connectivity index (χ4n) is 3.40. The summed E-state index contributed by atoms with van der Waals surface area (Å²) < 4.78 is 49.6. The first kappa shape index (κ1) is 28.8. The molecule has 37 heavy (non-hydrogen) atoms. The second-order valence-corrected chi connectivity index (χ2v) is 16.7. The molecule has 0 aliphatic carbocycles. The molecule has 0 bridgehead atoms. The molecule has 0 radical (unpaired) electrons. The number of hydrogen-bond acceptors (Lipinski definition) is 8. The molecule has 0 spiro atoms. The van der Waals surface area contributed by atoms with E-state index in [0.717, 1.165) is 11.1 Å². The third-order valence-electron chi connectivity index (χ3n) is 6.60. The molecule has 1 heterocycles. The summed E-state index contributed by atoms with van der Waals surface area (Å²) in [6.45, 7) is 11.7. The van der Waals surface area contributed by atoms with Crippen LogP contribution in [0.3, 0.4) is 0 Å². The van der Waals surface area contributed by atoms with E-state index in [0.29, 0.717) is 0 Å². The van der Waals surface area contributed by atoms with Crippen LogP contribution in [0.2, 0.25) is 18.1 Å². The Morgan fingerprint density at radius 1 is 1.11 bits per heavy atom. The Hall–Kier alpha value is -2.73. The van der Waals surface area contributed by atoms with Gasteiger partial charge in [-0.25, -0.2) is 4.79 Å². The molecular formula is C25H33N3O7SSi. The van der Waals surface area contributed by atoms with Crippen molar-refractivity contribution in [3.63, 3.8) is 0 Å². The zero-order valence-corrected chi connectivity index (χ0v) is 23.6. The molecule has 1 aliphatic rings. The molecule has 4 atom stereocenters. The summed E-state index contributed by atoms with van der Waals surface area (Å²) in [5.41, 5.74) is 10.9. The number of ether oxygens (including phenoxy) is 2. The summed E-state index contributed by atoms with van der Waals surface area (Å²) in [4.78, 5) is 15.8. The maximum Gasteiger partial charge on any atom is 0.336 e. The molecule has 2 aromatic carbocycles. The molecule has 0 N–H and O–H groups in total. The van der Waals surface area contributed by atoms with Gasteiger partial charge in [-0.1, -0.05) is 73.9 Å². The number of nitrogens with zero attached hydrogens (tertiary/aromatic N) is 3. The normalized spacial score (nSPS) is 22.3. The van der Waals surface area contributed by atoms with Gasteiger partial charge in [0.2, 0.25) is 0 Å². The zero-order chi connectivity index (χ0) is 27.4. The topological polar surface area (TPSA) is 137 Å². The van der Waals surface area contributed by atoms with Crippen LogP contribution in [0.4, 0.5) is 0 Å². The quantitative estimate of drug-likeness (QED) is 0.105. The van der Waals surface area contributed by atoms with Crippen LogP contribution in [-0.4, -0.2) is 47.2 Å². The predicted molar refractivity (Wildman–Crippen MR) is 139 cm³/mol. The Morgan fingerprint density at radius 2 is 1.73 bits per heavy atom. The highest BCUT2D eigenvalue weighted by Crippen LogP contribution is 2.41. The molecule has 0 amide bonds. The van der Waals surface area contributed by atoms with Gasteiger partial charge in [-0.05, 0) is 48.3 Å². The Bertz CT molecular complexity index is 1240. The Balaban J connectivity index is 1.94. The molecule has 10 nitrogen and oxygen atoms in total. The second kappa shape index (κ2) is 11.3. The monoisotopic (exact) mass is 547 g/mol. The molecule has 2 aromatic rings. The number of aryl methyl sites for hydroxylation is 1. The van der Waals surface area contributed by atoms with Crippen molar-refractivity contribution in [1.82, 2.24) is 0 Å². The SMILES string of the molecule is Cc1ccc(S(=O)(=O)O[C@H]2[C@H](O[Si](C)(C)C(C)(C)C)O[C@H](C(=O)OCc3ccccc3)[C@@H]2N=[N+]=[N-])cc1. The minimum absolute atomic E-state index is 0.0382. The van der Waals surface area contributed by atoms with Gasteiger partial charge in [0.05, 0.1) is 4.90 Å². The molecule has 3 rings (SSSR count). The van der Waals surface area contributed by atoms with Crippen molar-refractivity contribution in [2.45, 2.75) is 81.9 Å². The lowest BCUT2D eigenvalue weighted by Crippen LogP contribution is -2.48. The maximum absolute atomic E-state index is 13.2. The van der Waals surface area contributed by atoms with Crippen molar-refractivity contribution in [2.24, 2.45) is 5.11 Å². The predicted octanol–water partition coefficient (Wildman–Crippen LogP) is 5.24. The lowest BCUT2D eigenvalue weighted by molar-refractivity contribution is -0.168. The van der Waals surface area contributed by atoms with E-state index in [1.165, 1.54) is 12.1 Å². The van der Waals surface area contributed by atoms with E-state index in [-0.39, 0.29) is 16.5 Å². The van der Waals surface area contributed by atoms with E-state index in [4.69, 9.17) is 18.1 Å². The van der Waals surface area contributed by atoms with Crippen molar-refractivity contribution in [3.8, 4) is 0 Å². The van der Waals surface area contributed by atoms with E-state index in [2.05, 4.69) is 10.0 Å². The number of benzene rings is 2. The van der Waals surface area contributed by atoms with Crippen LogP contribution < -0.4 is 0 Å². The van der Waals surface area contributed by atoms with Crippen molar-refractivity contribution < 1.29 is 31.3 Å². The van der Waals surface area contributed by atoms with Gasteiger partial charge in [-0.2, -0.15) is 8.42 Å². The smallest absolute Gasteiger partial charge is 0.336 e. The van der Waals surface area contributed by atoms with Crippen molar-refractivity contribution >= 4 is 24.4 Å². The second-order valence-electron chi connectivity index (χ2n) is 10.4. The number of carbonyl (C=O) groups excluding carboxylic acids is 1. The van der Waals surface area contributed by atoms with Crippen LogP contribution in [0.15, 0.2) is 64.6 Å². The van der Waals surface area contributed by atoms with Gasteiger partial charge >= 0.3 is 5.97 Å². The Kier molecular flexibility index (Phi) is 8.84. The summed E-state index contributed by atoms with van der Waals surface area (Å²) >= 11 is 0. The summed E-state index contributed by atoms with van der Waals surface area (Å²) in [7, 11) is -6.87. The molecule has 0 saturated carbocycles. The van der Waals surface area contributed by atoms with Crippen LogP contribution in [-0.2, 0) is 39.6 Å². The number of azide groups is 1. The fourth-order valence-corrected chi connectivity index (χ4v) is 5.60. The van der Waals surface area contributed by atoms with Gasteiger partial charge in [0.15, 0.2) is 20.7 Å². The largest absolute Gasteiger partial charge is 0.459 e. The van der Waals surface area contributed by atoms with Gasteiger partial charge in [0.25, 0.3) is 10.1 Å². The first-order valence-electron chi connectivity index (χ1n) is 11.8. The minimum atomic E-state index is -4.32. The zero-order valence-electron chi connectivity index (χ0n) is 21.8. The van der Waals surface area contributed by atoms with Crippen molar-refractivity contribution in [2.75, 3.05) is 0 Å². The first-order valence-corrected chi connectivity index (χ1v) is 16.1. The van der Waals surface area contributed by atoms with Gasteiger partial charge in [0, 0.05) is 4.91 Å². The molecule has 200 valence electrons. The van der Waals surface area contributed by atoms with Crippen molar-refractivity contribution in [3.05, 3.63) is 76.2 Å². The van der Waals surface area contributed by atoms with E-state index in [1.54, 1.807) is 36.4 Å². The molecule has 1 fully saturated rings. The molecule has 1 aliphatic heterocycles. The van der Waals surface area contributed by atoms with E-state index >= 15 is 0 Å². The van der Waals surface area contributed by atoms with Crippen LogP contribution >= 0.6 is 0 Å². The van der Waals surface area contributed by atoms with E-state index in [9.17, 15) is 18.7 Å². The molecular weight excluding hydrogens is 514 g/mol. The Morgan fingerprint density at radius 3 is 2.30 bits per heavy atom. The average molecular weight is 548 g/mol. The summed E-state index contributed by atoms with van der Waals surface area (Å²) in [5.74, 6) is -0.816. The first-order chi connectivity index (χ1) is 17.2. The summed E-state index contributed by atoms with van der Waals surface area (Å²) in [5, 5.41) is 3.43. The Labute approximate surface area is 218 Å². The number of hydrogen-bond donors (Lipinski definition) is 0. The number of rotatable bonds is 9. The molecule has 0 aromatic heterocycles. The summed E-state index contributed by atoms with van der Waals surface area (Å²) in [6, 6.07) is 13.8. The van der Waals surface area contributed by atoms with Crippen LogP contribution in [0.1, 0.15) is 31.9 Å². The van der Waals surface area contributed by atoms with Crippen LogP contribution in [0.25, 0.3) is 10.4 Å². The maximum atomic E-state index is 13.2.